The number of hydrogen-bond acceptors (Lipinski definition) is 0. The third-order valence-electron chi connectivity index (χ3n) is 5.64. The van der Waals surface area contributed by atoms with Crippen LogP contribution < -0.4 is 0 Å². The molecule has 0 aromatic heterocycles. The number of rotatable bonds is 2. The van der Waals surface area contributed by atoms with E-state index in [0.717, 1.165) is 0 Å². The molecule has 1 aromatic carbocycles. The Kier molecular flexibility index (Phi) is 3.76. The van der Waals surface area contributed by atoms with Crippen molar-refractivity contribution in [2.45, 2.75) is 53.3 Å². The minimum absolute atomic E-state index is 0.400. The van der Waals surface area contributed by atoms with E-state index in [1.165, 1.54) is 26.7 Å². The molecule has 0 aliphatic heterocycles. The molecule has 1 aliphatic carbocycles. The SMILES string of the molecule is Cc1cc(C)c(C(Br)C2C(C)(C)C2(C)C)c(C)c1Br. The van der Waals surface area contributed by atoms with Crippen LogP contribution in [0.2, 0.25) is 0 Å². The molecule has 0 nitrogen and oxygen atoms in total. The molecular weight excluding hydrogens is 364 g/mol. The first-order valence-corrected chi connectivity index (χ1v) is 8.64. The Labute approximate surface area is 134 Å². The molecule has 1 aromatic rings. The van der Waals surface area contributed by atoms with Gasteiger partial charge < -0.3 is 0 Å². The van der Waals surface area contributed by atoms with Crippen LogP contribution in [0.1, 0.15) is 54.8 Å². The summed E-state index contributed by atoms with van der Waals surface area (Å²) in [5.41, 5.74) is 6.39. The molecule has 0 amide bonds. The van der Waals surface area contributed by atoms with Crippen LogP contribution in [0.25, 0.3) is 0 Å². The fourth-order valence-electron chi connectivity index (χ4n) is 3.75. The molecule has 0 spiro atoms. The van der Waals surface area contributed by atoms with E-state index in [9.17, 15) is 0 Å². The fourth-order valence-corrected chi connectivity index (χ4v) is 6.10. The molecule has 0 N–H and O–H groups in total. The van der Waals surface area contributed by atoms with E-state index in [4.69, 9.17) is 0 Å². The van der Waals surface area contributed by atoms with Crippen molar-refractivity contribution >= 4 is 31.9 Å². The van der Waals surface area contributed by atoms with Crippen LogP contribution in [-0.4, -0.2) is 0 Å². The average molecular weight is 388 g/mol. The molecule has 1 saturated carbocycles. The van der Waals surface area contributed by atoms with Gasteiger partial charge in [-0.3, -0.25) is 0 Å². The topological polar surface area (TPSA) is 0 Å². The molecule has 1 atom stereocenters. The Morgan fingerprint density at radius 2 is 1.47 bits per heavy atom. The zero-order valence-electron chi connectivity index (χ0n) is 13.0. The largest absolute Gasteiger partial charge is 0.0835 e. The van der Waals surface area contributed by atoms with Gasteiger partial charge in [0.05, 0.1) is 0 Å². The highest BCUT2D eigenvalue weighted by atomic mass is 79.9. The summed E-state index contributed by atoms with van der Waals surface area (Å²) in [7, 11) is 0. The van der Waals surface area contributed by atoms with Gasteiger partial charge in [-0.1, -0.05) is 65.6 Å². The normalized spacial score (nSPS) is 22.4. The van der Waals surface area contributed by atoms with Crippen LogP contribution >= 0.6 is 31.9 Å². The van der Waals surface area contributed by atoms with Gasteiger partial charge in [-0.2, -0.15) is 0 Å². The van der Waals surface area contributed by atoms with Gasteiger partial charge in [0.15, 0.2) is 0 Å². The Morgan fingerprint density at radius 3 is 1.89 bits per heavy atom. The third kappa shape index (κ3) is 2.14. The van der Waals surface area contributed by atoms with E-state index in [1.54, 1.807) is 0 Å². The average Bonchev–Trinajstić information content (AvgIpc) is 2.66. The Bertz CT molecular complexity index is 513. The molecule has 1 aliphatic rings. The lowest BCUT2D eigenvalue weighted by Gasteiger charge is -2.20. The van der Waals surface area contributed by atoms with Gasteiger partial charge in [0.2, 0.25) is 0 Å². The summed E-state index contributed by atoms with van der Waals surface area (Å²) in [6, 6.07) is 2.29. The summed E-state index contributed by atoms with van der Waals surface area (Å²) in [6.45, 7) is 16.2. The number of benzene rings is 1. The second kappa shape index (κ2) is 4.59. The maximum atomic E-state index is 4.00. The standard InChI is InChI=1S/C17H24Br2/c1-9-8-10(2)13(18)11(3)12(9)14(19)15-16(4,5)17(15,6)7/h8,14-15H,1-7H3. The second-order valence-corrected chi connectivity index (χ2v) is 8.97. The lowest BCUT2D eigenvalue weighted by Crippen LogP contribution is -2.05. The Balaban J connectivity index is 2.48. The molecule has 0 heterocycles. The Hall–Kier alpha value is 0.180. The first kappa shape index (κ1) is 15.6. The van der Waals surface area contributed by atoms with Crippen LogP contribution in [0.4, 0.5) is 0 Å². The predicted octanol–water partition coefficient (Wildman–Crippen LogP) is 6.49. The fraction of sp³-hybridized carbons (Fsp3) is 0.647. The predicted molar refractivity (Wildman–Crippen MR) is 91.1 cm³/mol. The minimum Gasteiger partial charge on any atom is -0.0835 e. The smallest absolute Gasteiger partial charge is 0.0439 e. The van der Waals surface area contributed by atoms with E-state index in [0.29, 0.717) is 21.6 Å². The quantitative estimate of drug-likeness (QED) is 0.508. The third-order valence-corrected chi connectivity index (χ3v) is 7.84. The van der Waals surface area contributed by atoms with Crippen molar-refractivity contribution < 1.29 is 0 Å². The van der Waals surface area contributed by atoms with Gasteiger partial charge in [-0.05, 0) is 59.8 Å². The summed E-state index contributed by atoms with van der Waals surface area (Å²) < 4.78 is 1.26. The van der Waals surface area contributed by atoms with Crippen molar-refractivity contribution in [2.24, 2.45) is 16.7 Å². The van der Waals surface area contributed by atoms with Crippen molar-refractivity contribution in [2.75, 3.05) is 0 Å². The zero-order valence-corrected chi connectivity index (χ0v) is 16.2. The van der Waals surface area contributed by atoms with E-state index < -0.39 is 0 Å². The van der Waals surface area contributed by atoms with Crippen LogP contribution in [-0.2, 0) is 0 Å². The van der Waals surface area contributed by atoms with Crippen LogP contribution in [0, 0.1) is 37.5 Å². The molecule has 0 bridgehead atoms. The van der Waals surface area contributed by atoms with Crippen molar-refractivity contribution in [3.8, 4) is 0 Å². The zero-order chi connectivity index (χ0) is 14.7. The second-order valence-electron chi connectivity index (χ2n) is 7.19. The minimum atomic E-state index is 0.400. The molecule has 2 heteroatoms. The van der Waals surface area contributed by atoms with Crippen molar-refractivity contribution in [1.29, 1.82) is 0 Å². The highest BCUT2D eigenvalue weighted by molar-refractivity contribution is 9.10. The molecule has 2 rings (SSSR count). The first-order valence-electron chi connectivity index (χ1n) is 6.93. The van der Waals surface area contributed by atoms with Crippen LogP contribution in [0.5, 0.6) is 0 Å². The maximum absolute atomic E-state index is 4.00. The van der Waals surface area contributed by atoms with Crippen LogP contribution in [0.15, 0.2) is 10.5 Å². The highest BCUT2D eigenvalue weighted by Crippen LogP contribution is 2.74. The molecule has 0 saturated heterocycles. The number of hydrogen-bond donors (Lipinski definition) is 0. The summed E-state index contributed by atoms with van der Waals surface area (Å²) in [6.07, 6.45) is 0. The summed E-state index contributed by atoms with van der Waals surface area (Å²) in [5.74, 6) is 0.687. The monoisotopic (exact) mass is 386 g/mol. The summed E-state index contributed by atoms with van der Waals surface area (Å²) >= 11 is 7.74. The molecular formula is C17H24Br2. The maximum Gasteiger partial charge on any atom is 0.0439 e. The van der Waals surface area contributed by atoms with Gasteiger partial charge in [0.1, 0.15) is 0 Å². The van der Waals surface area contributed by atoms with Gasteiger partial charge in [-0.15, -0.1) is 0 Å². The lowest BCUT2D eigenvalue weighted by atomic mass is 9.93. The first-order chi connectivity index (χ1) is 8.53. The summed E-state index contributed by atoms with van der Waals surface area (Å²) in [4.78, 5) is 0.439. The van der Waals surface area contributed by atoms with E-state index in [-0.39, 0.29) is 0 Å². The van der Waals surface area contributed by atoms with Gasteiger partial charge in [-0.25, -0.2) is 0 Å². The Morgan fingerprint density at radius 1 is 1.00 bits per heavy atom. The van der Waals surface area contributed by atoms with Crippen molar-refractivity contribution in [3.05, 3.63) is 32.8 Å². The number of alkyl halides is 1. The van der Waals surface area contributed by atoms with Crippen molar-refractivity contribution in [1.82, 2.24) is 0 Å². The highest BCUT2D eigenvalue weighted by Gasteiger charge is 2.67. The number of aryl methyl sites for hydroxylation is 2. The molecule has 0 radical (unpaired) electrons. The van der Waals surface area contributed by atoms with Crippen molar-refractivity contribution in [3.63, 3.8) is 0 Å². The van der Waals surface area contributed by atoms with E-state index in [1.807, 2.05) is 0 Å². The van der Waals surface area contributed by atoms with Gasteiger partial charge in [0.25, 0.3) is 0 Å². The lowest BCUT2D eigenvalue weighted by molar-refractivity contribution is 0.457. The van der Waals surface area contributed by atoms with Gasteiger partial charge >= 0.3 is 0 Å². The summed E-state index contributed by atoms with van der Waals surface area (Å²) in [5, 5.41) is 0. The molecule has 1 unspecified atom stereocenters. The molecule has 1 fully saturated rings. The molecule has 106 valence electrons. The van der Waals surface area contributed by atoms with E-state index >= 15 is 0 Å². The van der Waals surface area contributed by atoms with Crippen LogP contribution in [0.3, 0.4) is 0 Å². The number of halogens is 2. The van der Waals surface area contributed by atoms with Gasteiger partial charge in [0, 0.05) is 9.30 Å². The van der Waals surface area contributed by atoms with E-state index in [2.05, 4.69) is 86.4 Å². The molecule has 19 heavy (non-hydrogen) atoms.